The van der Waals surface area contributed by atoms with E-state index >= 15 is 0 Å². The third kappa shape index (κ3) is 8.27. The van der Waals surface area contributed by atoms with Crippen LogP contribution in [0.1, 0.15) is 105 Å². The summed E-state index contributed by atoms with van der Waals surface area (Å²) in [4.78, 5) is 23.7. The molecule has 3 rings (SSSR count). The van der Waals surface area contributed by atoms with Crippen molar-refractivity contribution in [1.29, 1.82) is 0 Å². The molecule has 0 heterocycles. The summed E-state index contributed by atoms with van der Waals surface area (Å²) in [5.74, 6) is -0.539. The van der Waals surface area contributed by atoms with Crippen LogP contribution in [0.15, 0.2) is 35.5 Å². The lowest BCUT2D eigenvalue weighted by molar-refractivity contribution is -0.153. The van der Waals surface area contributed by atoms with Crippen LogP contribution in [0.5, 0.6) is 0 Å². The fraction of sp³-hybridized carbons (Fsp3) is 0.750. The van der Waals surface area contributed by atoms with Gasteiger partial charge in [0.05, 0.1) is 17.8 Å². The van der Waals surface area contributed by atoms with Gasteiger partial charge < -0.3 is 25.2 Å². The molecule has 3 aliphatic carbocycles. The topological polar surface area (TPSA) is 124 Å². The van der Waals surface area contributed by atoms with Crippen molar-refractivity contribution in [2.45, 2.75) is 129 Å². The van der Waals surface area contributed by atoms with Gasteiger partial charge in [-0.2, -0.15) is 0 Å². The van der Waals surface area contributed by atoms with Crippen LogP contribution in [0.3, 0.4) is 0 Å². The number of fused-ring (bicyclic) bond motifs is 1. The van der Waals surface area contributed by atoms with E-state index in [0.717, 1.165) is 44.1 Å². The first kappa shape index (κ1) is 31.6. The summed E-state index contributed by atoms with van der Waals surface area (Å²) in [5.41, 5.74) is 2.11. The number of allylic oxidation sites excluding steroid dienone is 3. The Hall–Kier alpha value is -1.96. The Morgan fingerprint density at radius 2 is 1.90 bits per heavy atom. The highest BCUT2D eigenvalue weighted by molar-refractivity contribution is 5.71. The number of hydrogen-bond acceptors (Lipinski definition) is 6. The molecule has 0 unspecified atom stereocenters. The van der Waals surface area contributed by atoms with Crippen molar-refractivity contribution in [3.63, 3.8) is 0 Å². The van der Waals surface area contributed by atoms with Crippen molar-refractivity contribution in [3.8, 4) is 0 Å². The Balaban J connectivity index is 1.84. The minimum Gasteiger partial charge on any atom is -0.481 e. The average Bonchev–Trinajstić information content (AvgIpc) is 3.11. The van der Waals surface area contributed by atoms with Crippen LogP contribution in [0.2, 0.25) is 0 Å². The highest BCUT2D eigenvalue weighted by atomic mass is 16.5. The zero-order chi connectivity index (χ0) is 29.0. The van der Waals surface area contributed by atoms with E-state index in [0.29, 0.717) is 30.8 Å². The van der Waals surface area contributed by atoms with Gasteiger partial charge in [-0.05, 0) is 87.2 Å². The average molecular weight is 547 g/mol. The molecule has 0 bridgehead atoms. The van der Waals surface area contributed by atoms with Gasteiger partial charge in [0, 0.05) is 25.2 Å². The van der Waals surface area contributed by atoms with Gasteiger partial charge in [0.1, 0.15) is 6.10 Å². The van der Waals surface area contributed by atoms with E-state index in [1.165, 1.54) is 5.57 Å². The quantitative estimate of drug-likeness (QED) is 0.253. The molecule has 3 saturated carbocycles. The molecule has 0 spiro atoms. The molecule has 7 atom stereocenters. The molecule has 7 heteroatoms. The third-order valence-electron chi connectivity index (χ3n) is 9.43. The number of aliphatic hydroxyl groups is 3. The van der Waals surface area contributed by atoms with E-state index in [-0.39, 0.29) is 48.6 Å². The summed E-state index contributed by atoms with van der Waals surface area (Å²) in [6, 6.07) is 0. The summed E-state index contributed by atoms with van der Waals surface area (Å²) < 4.78 is 6.12. The van der Waals surface area contributed by atoms with E-state index in [9.17, 15) is 24.9 Å². The summed E-state index contributed by atoms with van der Waals surface area (Å²) in [7, 11) is 0. The minimum absolute atomic E-state index is 0.0485. The normalized spacial score (nSPS) is 34.2. The first-order valence-electron chi connectivity index (χ1n) is 14.8. The van der Waals surface area contributed by atoms with Crippen molar-refractivity contribution in [1.82, 2.24) is 0 Å². The Kier molecular flexibility index (Phi) is 10.6. The van der Waals surface area contributed by atoms with Gasteiger partial charge in [0.2, 0.25) is 0 Å². The lowest BCUT2D eigenvalue weighted by atomic mass is 9.60. The van der Waals surface area contributed by atoms with Crippen molar-refractivity contribution in [3.05, 3.63) is 35.5 Å². The summed E-state index contributed by atoms with van der Waals surface area (Å²) in [6.45, 7) is 12.3. The van der Waals surface area contributed by atoms with Gasteiger partial charge >= 0.3 is 11.9 Å². The minimum atomic E-state index is -0.912. The van der Waals surface area contributed by atoms with Gasteiger partial charge in [-0.3, -0.25) is 9.59 Å². The Labute approximate surface area is 234 Å². The van der Waals surface area contributed by atoms with Crippen molar-refractivity contribution < 1.29 is 34.8 Å². The number of carboxylic acid groups (broad SMARTS) is 1. The monoisotopic (exact) mass is 546 g/mol. The number of ether oxygens (including phenoxy) is 1. The number of carbonyl (C=O) groups excluding carboxylic acids is 1. The van der Waals surface area contributed by atoms with Gasteiger partial charge in [-0.1, -0.05) is 51.0 Å². The number of carbonyl (C=O) groups is 2. The summed E-state index contributed by atoms with van der Waals surface area (Å²) >= 11 is 0. The van der Waals surface area contributed by atoms with Crippen LogP contribution in [0.25, 0.3) is 0 Å². The molecular formula is C32H50O7. The maximum absolute atomic E-state index is 12.8. The van der Waals surface area contributed by atoms with E-state index in [2.05, 4.69) is 26.5 Å². The molecule has 0 aromatic heterocycles. The van der Waals surface area contributed by atoms with Crippen molar-refractivity contribution >= 4 is 11.9 Å². The molecule has 0 radical (unpaired) electrons. The zero-order valence-corrected chi connectivity index (χ0v) is 24.3. The second kappa shape index (κ2) is 13.1. The third-order valence-corrected chi connectivity index (χ3v) is 9.43. The van der Waals surface area contributed by atoms with Gasteiger partial charge in [-0.15, -0.1) is 0 Å². The van der Waals surface area contributed by atoms with Crippen molar-refractivity contribution in [2.75, 3.05) is 0 Å². The predicted molar refractivity (Wildman–Crippen MR) is 151 cm³/mol. The Morgan fingerprint density at radius 1 is 1.18 bits per heavy atom. The highest BCUT2D eigenvalue weighted by Crippen LogP contribution is 2.60. The number of rotatable bonds is 11. The Morgan fingerprint density at radius 3 is 2.56 bits per heavy atom. The molecule has 3 fully saturated rings. The highest BCUT2D eigenvalue weighted by Gasteiger charge is 2.56. The molecule has 0 aromatic rings. The lowest BCUT2D eigenvalue weighted by Crippen LogP contribution is -2.39. The van der Waals surface area contributed by atoms with E-state index < -0.39 is 23.8 Å². The van der Waals surface area contributed by atoms with E-state index in [1.54, 1.807) is 0 Å². The molecule has 0 amide bonds. The van der Waals surface area contributed by atoms with Gasteiger partial charge in [0.15, 0.2) is 0 Å². The molecule has 0 saturated heterocycles. The number of carboxylic acids is 1. The van der Waals surface area contributed by atoms with Gasteiger partial charge in [0.25, 0.3) is 0 Å². The number of aliphatic hydroxyl groups excluding tert-OH is 2. The zero-order valence-electron chi connectivity index (χ0n) is 24.3. The van der Waals surface area contributed by atoms with E-state index in [4.69, 9.17) is 9.84 Å². The second-order valence-corrected chi connectivity index (χ2v) is 13.2. The molecule has 3 aliphatic rings. The fourth-order valence-electron chi connectivity index (χ4n) is 7.52. The molecule has 0 aliphatic heterocycles. The number of hydrogen-bond donors (Lipinski definition) is 4. The molecule has 0 aromatic carbocycles. The predicted octanol–water partition coefficient (Wildman–Crippen LogP) is 5.48. The van der Waals surface area contributed by atoms with Crippen LogP contribution >= 0.6 is 0 Å². The van der Waals surface area contributed by atoms with Crippen LogP contribution < -0.4 is 0 Å². The lowest BCUT2D eigenvalue weighted by Gasteiger charge is -2.44. The molecule has 7 nitrogen and oxygen atoms in total. The van der Waals surface area contributed by atoms with Crippen LogP contribution in [0, 0.1) is 23.2 Å². The molecule has 39 heavy (non-hydrogen) atoms. The Bertz CT molecular complexity index is 958. The first-order valence-corrected chi connectivity index (χ1v) is 14.8. The summed E-state index contributed by atoms with van der Waals surface area (Å²) in [6.07, 6.45) is 10.1. The smallest absolute Gasteiger partial charge is 0.306 e. The maximum Gasteiger partial charge on any atom is 0.306 e. The van der Waals surface area contributed by atoms with E-state index in [1.807, 2.05) is 19.9 Å². The van der Waals surface area contributed by atoms with Gasteiger partial charge in [-0.25, -0.2) is 0 Å². The van der Waals surface area contributed by atoms with Crippen LogP contribution in [-0.4, -0.2) is 56.3 Å². The number of aliphatic carboxylic acids is 1. The second-order valence-electron chi connectivity index (χ2n) is 13.2. The largest absolute Gasteiger partial charge is 0.481 e. The van der Waals surface area contributed by atoms with Crippen LogP contribution in [0.4, 0.5) is 0 Å². The van der Waals surface area contributed by atoms with Crippen molar-refractivity contribution in [2.24, 2.45) is 23.2 Å². The first-order chi connectivity index (χ1) is 18.2. The maximum atomic E-state index is 12.8. The SMILES string of the molecule is C=C1/C(=C\C=C2/CCC[C@]3(C)[C@@H]([C@@H](C)CCCC(C)(C)O)[C@H](OC(=O)CCCC(=O)O)C[C@@H]23)C[C@@H](O)C[C@@H]1O. The molecule has 220 valence electrons. The molecular weight excluding hydrogens is 496 g/mol. The number of esters is 1. The molecule has 4 N–H and O–H groups in total. The van der Waals surface area contributed by atoms with Crippen LogP contribution in [-0.2, 0) is 14.3 Å². The fourth-order valence-corrected chi connectivity index (χ4v) is 7.52. The summed E-state index contributed by atoms with van der Waals surface area (Å²) in [5, 5.41) is 39.6. The standard InChI is InChI=1S/C32H50O7/c1-20(9-7-15-31(3,4)38)30-27(39-29(37)12-6-11-28(35)36)19-25-22(10-8-16-32(25,30)5)13-14-23-17-24(33)18-26(34)21(23)2/h13-14,20,24-27,30,33-34,38H,2,6-12,15-19H2,1,3-5H3,(H,35,36)/b22-13+,23-14-/t20-,24+,25-,26-,27+,30-,32-/m0/s1.